The summed E-state index contributed by atoms with van der Waals surface area (Å²) in [6.07, 6.45) is 1.59. The zero-order chi connectivity index (χ0) is 23.0. The molecule has 1 N–H and O–H groups in total. The van der Waals surface area contributed by atoms with E-state index in [2.05, 4.69) is 11.9 Å². The lowest BCUT2D eigenvalue weighted by Crippen LogP contribution is -2.35. The van der Waals surface area contributed by atoms with Gasteiger partial charge in [0.2, 0.25) is 5.91 Å². The third-order valence-electron chi connectivity index (χ3n) is 5.28. The van der Waals surface area contributed by atoms with Crippen LogP contribution in [-0.4, -0.2) is 40.0 Å². The Morgan fingerprint density at radius 2 is 1.88 bits per heavy atom. The number of amides is 3. The van der Waals surface area contributed by atoms with Crippen molar-refractivity contribution in [1.82, 2.24) is 4.90 Å². The fourth-order valence-corrected chi connectivity index (χ4v) is 5.04. The maximum absolute atomic E-state index is 13.4. The molecule has 2 heterocycles. The minimum Gasteiger partial charge on any atom is -0.324 e. The highest BCUT2D eigenvalue weighted by Gasteiger charge is 2.42. The van der Waals surface area contributed by atoms with Gasteiger partial charge in [-0.1, -0.05) is 60.4 Å². The molecule has 1 fully saturated rings. The van der Waals surface area contributed by atoms with Crippen LogP contribution in [0.3, 0.4) is 0 Å². The van der Waals surface area contributed by atoms with Crippen molar-refractivity contribution in [1.29, 1.82) is 0 Å². The van der Waals surface area contributed by atoms with Crippen LogP contribution in [0.5, 0.6) is 0 Å². The van der Waals surface area contributed by atoms with Crippen molar-refractivity contribution >= 4 is 63.0 Å². The lowest BCUT2D eigenvalue weighted by molar-refractivity contribution is -0.122. The van der Waals surface area contributed by atoms with Crippen molar-refractivity contribution < 1.29 is 14.4 Å². The van der Waals surface area contributed by atoms with E-state index in [0.29, 0.717) is 21.3 Å². The number of anilines is 2. The molecule has 1 saturated heterocycles. The number of carbonyl (C=O) groups excluding carboxylic acids is 3. The molecule has 2 aromatic carbocycles. The van der Waals surface area contributed by atoms with Crippen LogP contribution < -0.4 is 10.2 Å². The molecule has 3 amide bonds. The molecule has 0 radical (unpaired) electrons. The summed E-state index contributed by atoms with van der Waals surface area (Å²) in [6, 6.07) is 13.0. The SMILES string of the molecule is C=CCN1C(=O)/C(=C2/C(=O)N(CC(=O)Nc3cc(C)ccc3C)c3ccccc32)SC1=S. The van der Waals surface area contributed by atoms with Crippen LogP contribution in [0.25, 0.3) is 5.57 Å². The Kier molecular flexibility index (Phi) is 5.99. The average Bonchev–Trinajstić information content (AvgIpc) is 3.19. The van der Waals surface area contributed by atoms with Gasteiger partial charge < -0.3 is 5.32 Å². The molecule has 0 unspecified atom stereocenters. The zero-order valence-electron chi connectivity index (χ0n) is 17.7. The molecular weight excluding hydrogens is 442 g/mol. The van der Waals surface area contributed by atoms with Gasteiger partial charge in [-0.15, -0.1) is 6.58 Å². The predicted molar refractivity (Wildman–Crippen MR) is 132 cm³/mol. The highest BCUT2D eigenvalue weighted by Crippen LogP contribution is 2.44. The van der Waals surface area contributed by atoms with Crippen molar-refractivity contribution in [2.24, 2.45) is 0 Å². The van der Waals surface area contributed by atoms with Crippen molar-refractivity contribution in [2.75, 3.05) is 23.3 Å². The van der Waals surface area contributed by atoms with Gasteiger partial charge in [-0.05, 0) is 37.1 Å². The normalized spacial score (nSPS) is 17.8. The molecule has 0 saturated carbocycles. The Morgan fingerprint density at radius 3 is 2.62 bits per heavy atom. The number of fused-ring (bicyclic) bond motifs is 1. The number of aryl methyl sites for hydroxylation is 2. The number of rotatable bonds is 5. The summed E-state index contributed by atoms with van der Waals surface area (Å²) in [4.78, 5) is 42.3. The smallest absolute Gasteiger partial charge is 0.267 e. The number of benzene rings is 2. The van der Waals surface area contributed by atoms with Crippen LogP contribution in [0.1, 0.15) is 16.7 Å². The molecule has 2 aliphatic rings. The fraction of sp³-hybridized carbons (Fsp3) is 0.167. The van der Waals surface area contributed by atoms with Gasteiger partial charge in [0, 0.05) is 17.8 Å². The molecule has 0 atom stereocenters. The molecular formula is C24H21N3O3S2. The maximum atomic E-state index is 13.4. The number of hydrogen-bond donors (Lipinski definition) is 1. The highest BCUT2D eigenvalue weighted by atomic mass is 32.2. The van der Waals surface area contributed by atoms with E-state index in [1.54, 1.807) is 30.3 Å². The molecule has 6 nitrogen and oxygen atoms in total. The number of hydrogen-bond acceptors (Lipinski definition) is 5. The predicted octanol–water partition coefficient (Wildman–Crippen LogP) is 4.05. The topological polar surface area (TPSA) is 69.7 Å². The fourth-order valence-electron chi connectivity index (χ4n) is 3.70. The van der Waals surface area contributed by atoms with E-state index in [1.165, 1.54) is 9.80 Å². The second-order valence-electron chi connectivity index (χ2n) is 7.55. The van der Waals surface area contributed by atoms with Crippen LogP contribution in [-0.2, 0) is 14.4 Å². The summed E-state index contributed by atoms with van der Waals surface area (Å²) >= 11 is 6.43. The van der Waals surface area contributed by atoms with Crippen LogP contribution >= 0.6 is 24.0 Å². The Morgan fingerprint density at radius 1 is 1.12 bits per heavy atom. The van der Waals surface area contributed by atoms with Gasteiger partial charge in [0.25, 0.3) is 11.8 Å². The van der Waals surface area contributed by atoms with Crippen molar-refractivity contribution in [2.45, 2.75) is 13.8 Å². The van der Waals surface area contributed by atoms with E-state index in [-0.39, 0.29) is 41.3 Å². The number of carbonyl (C=O) groups is 3. The van der Waals surface area contributed by atoms with Gasteiger partial charge in [-0.25, -0.2) is 0 Å². The zero-order valence-corrected chi connectivity index (χ0v) is 19.3. The third-order valence-corrected chi connectivity index (χ3v) is 6.73. The summed E-state index contributed by atoms with van der Waals surface area (Å²) in [6.45, 7) is 7.63. The summed E-state index contributed by atoms with van der Waals surface area (Å²) in [5, 5.41) is 2.89. The Labute approximate surface area is 196 Å². The summed E-state index contributed by atoms with van der Waals surface area (Å²) in [7, 11) is 0. The number of thiocarbonyl (C=S) groups is 1. The quantitative estimate of drug-likeness (QED) is 0.412. The lowest BCUT2D eigenvalue weighted by atomic mass is 10.1. The van der Waals surface area contributed by atoms with Gasteiger partial charge >= 0.3 is 0 Å². The average molecular weight is 464 g/mol. The molecule has 162 valence electrons. The van der Waals surface area contributed by atoms with Crippen LogP contribution in [0.2, 0.25) is 0 Å². The van der Waals surface area contributed by atoms with E-state index in [1.807, 2.05) is 32.0 Å². The molecule has 0 bridgehead atoms. The Balaban J connectivity index is 1.66. The minimum atomic E-state index is -0.388. The number of thioether (sulfide) groups is 1. The van der Waals surface area contributed by atoms with E-state index in [4.69, 9.17) is 12.2 Å². The first-order valence-corrected chi connectivity index (χ1v) is 11.2. The van der Waals surface area contributed by atoms with Crippen LogP contribution in [0.15, 0.2) is 60.0 Å². The van der Waals surface area contributed by atoms with E-state index in [0.717, 1.165) is 22.9 Å². The molecule has 0 aliphatic carbocycles. The summed E-state index contributed by atoms with van der Waals surface area (Å²) in [5.41, 5.74) is 4.17. The van der Waals surface area contributed by atoms with Crippen LogP contribution in [0, 0.1) is 13.8 Å². The molecule has 8 heteroatoms. The number of para-hydroxylation sites is 1. The number of nitrogens with zero attached hydrogens (tertiary/aromatic N) is 2. The standard InChI is InChI=1S/C24H21N3O3S2/c1-4-11-26-23(30)21(32-24(26)31)20-16-7-5-6-8-18(16)27(22(20)29)13-19(28)25-17-12-14(2)9-10-15(17)3/h4-10,12H,1,11,13H2,2-3H3,(H,25,28)/b21-20-. The molecule has 0 spiro atoms. The van der Waals surface area contributed by atoms with Gasteiger partial charge in [0.15, 0.2) is 0 Å². The summed E-state index contributed by atoms with van der Waals surface area (Å²) < 4.78 is 0.383. The first-order valence-electron chi connectivity index (χ1n) is 9.99. The van der Waals surface area contributed by atoms with Gasteiger partial charge in [0.05, 0.1) is 16.2 Å². The molecule has 4 rings (SSSR count). The third kappa shape index (κ3) is 3.87. The molecule has 32 heavy (non-hydrogen) atoms. The van der Waals surface area contributed by atoms with Gasteiger partial charge in [-0.2, -0.15) is 0 Å². The van der Waals surface area contributed by atoms with Gasteiger partial charge in [0.1, 0.15) is 10.9 Å². The molecule has 2 aromatic rings. The molecule has 2 aliphatic heterocycles. The van der Waals surface area contributed by atoms with Crippen molar-refractivity contribution in [3.8, 4) is 0 Å². The van der Waals surface area contributed by atoms with Crippen molar-refractivity contribution in [3.63, 3.8) is 0 Å². The van der Waals surface area contributed by atoms with Gasteiger partial charge in [-0.3, -0.25) is 24.2 Å². The largest absolute Gasteiger partial charge is 0.324 e. The monoisotopic (exact) mass is 463 g/mol. The highest BCUT2D eigenvalue weighted by molar-refractivity contribution is 8.26. The first kappa shape index (κ1) is 22.0. The second-order valence-corrected chi connectivity index (χ2v) is 9.20. The van der Waals surface area contributed by atoms with E-state index in [9.17, 15) is 14.4 Å². The minimum absolute atomic E-state index is 0.167. The Hall–Kier alpha value is -3.23. The van der Waals surface area contributed by atoms with E-state index >= 15 is 0 Å². The summed E-state index contributed by atoms with van der Waals surface area (Å²) in [5.74, 6) is -1.02. The van der Waals surface area contributed by atoms with Crippen molar-refractivity contribution in [3.05, 3.63) is 76.7 Å². The second kappa shape index (κ2) is 8.72. The molecule has 0 aromatic heterocycles. The maximum Gasteiger partial charge on any atom is 0.267 e. The first-order chi connectivity index (χ1) is 15.3. The van der Waals surface area contributed by atoms with E-state index < -0.39 is 0 Å². The number of nitrogens with one attached hydrogen (secondary N) is 1. The lowest BCUT2D eigenvalue weighted by Gasteiger charge is -2.17. The Bertz CT molecular complexity index is 1220. The van der Waals surface area contributed by atoms with Crippen LogP contribution in [0.4, 0.5) is 11.4 Å².